The molecule has 6 nitrogen and oxygen atoms in total. The van der Waals surface area contributed by atoms with Gasteiger partial charge in [-0.3, -0.25) is 19.2 Å². The first-order chi connectivity index (χ1) is 11.4. The summed E-state index contributed by atoms with van der Waals surface area (Å²) in [4.78, 5) is 24.9. The number of halogens is 1. The molecule has 0 spiro atoms. The number of thiophene rings is 1. The molecule has 1 saturated heterocycles. The topological polar surface area (TPSA) is 83.6 Å². The highest BCUT2D eigenvalue weighted by atomic mass is 35.5. The summed E-state index contributed by atoms with van der Waals surface area (Å²) in [5.74, 6) is -0.486. The van der Waals surface area contributed by atoms with Crippen molar-refractivity contribution in [2.24, 2.45) is 0 Å². The van der Waals surface area contributed by atoms with Crippen molar-refractivity contribution in [2.75, 3.05) is 9.62 Å². The van der Waals surface area contributed by atoms with Crippen LogP contribution in [0, 0.1) is 0 Å². The summed E-state index contributed by atoms with van der Waals surface area (Å²) < 4.78 is 27.4. The van der Waals surface area contributed by atoms with Gasteiger partial charge >= 0.3 is 0 Å². The predicted molar refractivity (Wildman–Crippen MR) is 92.9 cm³/mol. The van der Waals surface area contributed by atoms with Gasteiger partial charge in [-0.05, 0) is 42.8 Å². The summed E-state index contributed by atoms with van der Waals surface area (Å²) in [6, 6.07) is 9.04. The minimum atomic E-state index is -3.72. The molecule has 0 aliphatic carbocycles. The van der Waals surface area contributed by atoms with Gasteiger partial charge in [0.25, 0.3) is 10.0 Å². The average Bonchev–Trinajstić information content (AvgIpc) is 2.96. The smallest absolute Gasteiger partial charge is 0.271 e. The maximum absolute atomic E-state index is 12.2. The largest absolute Gasteiger partial charge is 0.279 e. The number of benzene rings is 1. The van der Waals surface area contributed by atoms with Crippen molar-refractivity contribution in [2.45, 2.75) is 23.5 Å². The van der Waals surface area contributed by atoms with Gasteiger partial charge in [0.05, 0.1) is 10.0 Å². The van der Waals surface area contributed by atoms with Crippen molar-refractivity contribution in [3.05, 3.63) is 40.7 Å². The average molecular weight is 385 g/mol. The quantitative estimate of drug-likeness (QED) is 0.820. The molecule has 1 N–H and O–H groups in total. The summed E-state index contributed by atoms with van der Waals surface area (Å²) in [6.45, 7) is 0. The second kappa shape index (κ2) is 6.54. The SMILES string of the molecule is O=C1CCCC(=O)N1c1ccc(NS(=O)(=O)c2ccc(Cl)s2)cc1. The van der Waals surface area contributed by atoms with E-state index in [1.807, 2.05) is 0 Å². The Morgan fingerprint density at radius 2 is 1.62 bits per heavy atom. The fraction of sp³-hybridized carbons (Fsp3) is 0.200. The summed E-state index contributed by atoms with van der Waals surface area (Å²) >= 11 is 6.72. The zero-order chi connectivity index (χ0) is 17.3. The van der Waals surface area contributed by atoms with Gasteiger partial charge < -0.3 is 0 Å². The van der Waals surface area contributed by atoms with Crippen LogP contribution < -0.4 is 9.62 Å². The first-order valence-corrected chi connectivity index (χ1v) is 9.78. The number of anilines is 2. The molecule has 9 heteroatoms. The van der Waals surface area contributed by atoms with E-state index in [9.17, 15) is 18.0 Å². The normalized spacial score (nSPS) is 15.6. The highest BCUT2D eigenvalue weighted by Gasteiger charge is 2.27. The lowest BCUT2D eigenvalue weighted by atomic mass is 10.1. The van der Waals surface area contributed by atoms with Crippen LogP contribution in [0.5, 0.6) is 0 Å². The Labute approximate surface area is 148 Å². The fourth-order valence-electron chi connectivity index (χ4n) is 2.37. The van der Waals surface area contributed by atoms with Gasteiger partial charge in [0.1, 0.15) is 4.21 Å². The van der Waals surface area contributed by atoms with Crippen molar-refractivity contribution in [1.29, 1.82) is 0 Å². The van der Waals surface area contributed by atoms with Crippen LogP contribution in [0.15, 0.2) is 40.6 Å². The number of nitrogens with one attached hydrogen (secondary N) is 1. The molecule has 1 aliphatic rings. The lowest BCUT2D eigenvalue weighted by Crippen LogP contribution is -2.40. The molecule has 126 valence electrons. The van der Waals surface area contributed by atoms with E-state index in [4.69, 9.17) is 11.6 Å². The van der Waals surface area contributed by atoms with Crippen molar-refractivity contribution in [1.82, 2.24) is 0 Å². The standard InChI is InChI=1S/C15H13ClN2O4S2/c16-12-8-9-15(23-12)24(21,22)17-10-4-6-11(7-5-10)18-13(19)2-1-3-14(18)20/h4-9,17H,1-3H2. The second-order valence-corrected chi connectivity index (χ2v) is 8.81. The Bertz CT molecular complexity index is 874. The Kier molecular flexibility index (Phi) is 4.62. The number of sulfonamides is 1. The Balaban J connectivity index is 1.80. The Hall–Kier alpha value is -1.90. The minimum absolute atomic E-state index is 0.109. The lowest BCUT2D eigenvalue weighted by molar-refractivity contribution is -0.129. The van der Waals surface area contributed by atoms with Crippen LogP contribution in [0.2, 0.25) is 4.34 Å². The van der Waals surface area contributed by atoms with E-state index in [2.05, 4.69) is 4.72 Å². The van der Waals surface area contributed by atoms with Crippen LogP contribution >= 0.6 is 22.9 Å². The van der Waals surface area contributed by atoms with E-state index in [1.54, 1.807) is 12.1 Å². The third-order valence-corrected chi connectivity index (χ3v) is 6.58. The van der Waals surface area contributed by atoms with Crippen LogP contribution in [0.25, 0.3) is 0 Å². The monoisotopic (exact) mass is 384 g/mol. The van der Waals surface area contributed by atoms with Crippen molar-refractivity contribution >= 4 is 56.2 Å². The van der Waals surface area contributed by atoms with Gasteiger partial charge in [0.2, 0.25) is 11.8 Å². The molecule has 0 saturated carbocycles. The highest BCUT2D eigenvalue weighted by Crippen LogP contribution is 2.28. The molecule has 2 aromatic rings. The molecule has 2 amide bonds. The first kappa shape index (κ1) is 16.9. The van der Waals surface area contributed by atoms with E-state index < -0.39 is 10.0 Å². The van der Waals surface area contributed by atoms with E-state index in [0.717, 1.165) is 16.2 Å². The summed E-state index contributed by atoms with van der Waals surface area (Å²) in [7, 11) is -3.72. The zero-order valence-electron chi connectivity index (χ0n) is 12.4. The third-order valence-electron chi connectivity index (χ3n) is 3.47. The number of carbonyl (C=O) groups excluding carboxylic acids is 2. The summed E-state index contributed by atoms with van der Waals surface area (Å²) in [5, 5.41) is 0. The minimum Gasteiger partial charge on any atom is -0.279 e. The molecule has 0 unspecified atom stereocenters. The molecule has 1 aliphatic heterocycles. The number of amides is 2. The van der Waals surface area contributed by atoms with Crippen molar-refractivity contribution in [3.8, 4) is 0 Å². The number of nitrogens with zero attached hydrogens (tertiary/aromatic N) is 1. The zero-order valence-corrected chi connectivity index (χ0v) is 14.7. The molecular weight excluding hydrogens is 372 g/mol. The number of piperidine rings is 1. The molecule has 0 bridgehead atoms. The summed E-state index contributed by atoms with van der Waals surface area (Å²) in [5.41, 5.74) is 0.770. The molecule has 2 heterocycles. The van der Waals surface area contributed by atoms with Crippen LogP contribution in [0.3, 0.4) is 0 Å². The Morgan fingerprint density at radius 3 is 2.17 bits per heavy atom. The van der Waals surface area contributed by atoms with Crippen LogP contribution in [-0.4, -0.2) is 20.2 Å². The second-order valence-electron chi connectivity index (χ2n) is 5.19. The predicted octanol–water partition coefficient (Wildman–Crippen LogP) is 3.25. The third kappa shape index (κ3) is 3.45. The van der Waals surface area contributed by atoms with Crippen LogP contribution in [-0.2, 0) is 19.6 Å². The van der Waals surface area contributed by atoms with Gasteiger partial charge in [0.15, 0.2) is 0 Å². The Morgan fingerprint density at radius 1 is 1.00 bits per heavy atom. The molecule has 1 fully saturated rings. The van der Waals surface area contributed by atoms with Gasteiger partial charge in [-0.15, -0.1) is 11.3 Å². The van der Waals surface area contributed by atoms with Crippen molar-refractivity contribution in [3.63, 3.8) is 0 Å². The molecule has 0 radical (unpaired) electrons. The van der Waals surface area contributed by atoms with Gasteiger partial charge in [-0.25, -0.2) is 8.42 Å². The van der Waals surface area contributed by atoms with E-state index in [0.29, 0.717) is 35.0 Å². The van der Waals surface area contributed by atoms with Crippen LogP contribution in [0.4, 0.5) is 11.4 Å². The van der Waals surface area contributed by atoms with E-state index in [1.165, 1.54) is 24.3 Å². The first-order valence-electron chi connectivity index (χ1n) is 7.11. The molecule has 1 aromatic heterocycles. The van der Waals surface area contributed by atoms with Crippen molar-refractivity contribution < 1.29 is 18.0 Å². The number of imide groups is 1. The lowest BCUT2D eigenvalue weighted by Gasteiger charge is -2.24. The maximum Gasteiger partial charge on any atom is 0.271 e. The molecule has 24 heavy (non-hydrogen) atoms. The number of rotatable bonds is 4. The van der Waals surface area contributed by atoms with E-state index >= 15 is 0 Å². The molecule has 3 rings (SSSR count). The van der Waals surface area contributed by atoms with Gasteiger partial charge in [0, 0.05) is 18.5 Å². The molecule has 1 aromatic carbocycles. The van der Waals surface area contributed by atoms with Gasteiger partial charge in [-0.2, -0.15) is 0 Å². The van der Waals surface area contributed by atoms with Gasteiger partial charge in [-0.1, -0.05) is 11.6 Å². The van der Waals surface area contributed by atoms with E-state index in [-0.39, 0.29) is 16.0 Å². The number of carbonyl (C=O) groups is 2. The fourth-order valence-corrected chi connectivity index (χ4v) is 4.91. The molecular formula is C15H13ClN2O4S2. The molecule has 0 atom stereocenters. The highest BCUT2D eigenvalue weighted by molar-refractivity contribution is 7.94. The van der Waals surface area contributed by atoms with Crippen LogP contribution in [0.1, 0.15) is 19.3 Å². The maximum atomic E-state index is 12.2. The number of hydrogen-bond donors (Lipinski definition) is 1. The summed E-state index contributed by atoms with van der Waals surface area (Å²) in [6.07, 6.45) is 1.23. The number of hydrogen-bond acceptors (Lipinski definition) is 5.